The lowest BCUT2D eigenvalue weighted by atomic mass is 9.80. The first-order chi connectivity index (χ1) is 9.54. The SMILES string of the molecule is CCNC(c1ccccc1)c1ccccc1C(C)(C)C. The van der Waals surface area contributed by atoms with Gasteiger partial charge in [0.1, 0.15) is 0 Å². The Bertz CT molecular complexity index is 537. The molecule has 1 nitrogen and oxygen atoms in total. The fourth-order valence-corrected chi connectivity index (χ4v) is 2.69. The third-order valence-corrected chi connectivity index (χ3v) is 3.62. The zero-order chi connectivity index (χ0) is 14.6. The van der Waals surface area contributed by atoms with Crippen LogP contribution < -0.4 is 5.32 Å². The fourth-order valence-electron chi connectivity index (χ4n) is 2.69. The molecule has 0 fully saturated rings. The summed E-state index contributed by atoms with van der Waals surface area (Å²) in [4.78, 5) is 0. The summed E-state index contributed by atoms with van der Waals surface area (Å²) < 4.78 is 0. The molecule has 1 unspecified atom stereocenters. The van der Waals surface area contributed by atoms with Crippen molar-refractivity contribution in [2.24, 2.45) is 0 Å². The van der Waals surface area contributed by atoms with Gasteiger partial charge in [0.2, 0.25) is 0 Å². The summed E-state index contributed by atoms with van der Waals surface area (Å²) in [5.41, 5.74) is 4.27. The molecule has 2 aromatic carbocycles. The molecule has 1 atom stereocenters. The van der Waals surface area contributed by atoms with E-state index in [1.165, 1.54) is 16.7 Å². The summed E-state index contributed by atoms with van der Waals surface area (Å²) in [6.45, 7) is 9.95. The molecule has 0 radical (unpaired) electrons. The van der Waals surface area contributed by atoms with Crippen LogP contribution in [0.3, 0.4) is 0 Å². The van der Waals surface area contributed by atoms with Crippen molar-refractivity contribution in [1.82, 2.24) is 5.32 Å². The Hall–Kier alpha value is -1.60. The van der Waals surface area contributed by atoms with E-state index in [-0.39, 0.29) is 11.5 Å². The summed E-state index contributed by atoms with van der Waals surface area (Å²) in [7, 11) is 0. The van der Waals surface area contributed by atoms with Crippen molar-refractivity contribution in [3.8, 4) is 0 Å². The van der Waals surface area contributed by atoms with Gasteiger partial charge in [-0.25, -0.2) is 0 Å². The first-order valence-electron chi connectivity index (χ1n) is 7.41. The predicted molar refractivity (Wildman–Crippen MR) is 87.1 cm³/mol. The van der Waals surface area contributed by atoms with E-state index in [1.54, 1.807) is 0 Å². The average molecular weight is 267 g/mol. The van der Waals surface area contributed by atoms with Gasteiger partial charge in [-0.15, -0.1) is 0 Å². The highest BCUT2D eigenvalue weighted by Crippen LogP contribution is 2.32. The van der Waals surface area contributed by atoms with Crippen LogP contribution in [-0.2, 0) is 5.41 Å². The summed E-state index contributed by atoms with van der Waals surface area (Å²) in [5.74, 6) is 0. The monoisotopic (exact) mass is 267 g/mol. The van der Waals surface area contributed by atoms with Gasteiger partial charge in [0.15, 0.2) is 0 Å². The van der Waals surface area contributed by atoms with E-state index in [9.17, 15) is 0 Å². The van der Waals surface area contributed by atoms with Gasteiger partial charge >= 0.3 is 0 Å². The Morgan fingerprint density at radius 1 is 0.900 bits per heavy atom. The van der Waals surface area contributed by atoms with Gasteiger partial charge in [-0.1, -0.05) is 82.3 Å². The molecule has 0 heterocycles. The van der Waals surface area contributed by atoms with Gasteiger partial charge in [0.25, 0.3) is 0 Å². The van der Waals surface area contributed by atoms with Crippen LogP contribution in [0.4, 0.5) is 0 Å². The second-order valence-electron chi connectivity index (χ2n) is 6.24. The van der Waals surface area contributed by atoms with E-state index in [1.807, 2.05) is 0 Å². The first-order valence-corrected chi connectivity index (χ1v) is 7.41. The summed E-state index contributed by atoms with van der Waals surface area (Å²) in [5, 5.41) is 3.63. The van der Waals surface area contributed by atoms with E-state index in [0.717, 1.165) is 6.54 Å². The highest BCUT2D eigenvalue weighted by Gasteiger charge is 2.22. The van der Waals surface area contributed by atoms with Gasteiger partial charge in [0.05, 0.1) is 6.04 Å². The summed E-state index contributed by atoms with van der Waals surface area (Å²) in [6, 6.07) is 19.7. The lowest BCUT2D eigenvalue weighted by molar-refractivity contribution is 0.557. The van der Waals surface area contributed by atoms with Crippen molar-refractivity contribution in [1.29, 1.82) is 0 Å². The smallest absolute Gasteiger partial charge is 0.0579 e. The van der Waals surface area contributed by atoms with Crippen LogP contribution in [0.1, 0.15) is 50.4 Å². The summed E-state index contributed by atoms with van der Waals surface area (Å²) in [6.07, 6.45) is 0. The quantitative estimate of drug-likeness (QED) is 0.848. The molecule has 0 amide bonds. The van der Waals surface area contributed by atoms with Crippen LogP contribution in [0, 0.1) is 0 Å². The van der Waals surface area contributed by atoms with Crippen LogP contribution in [0.2, 0.25) is 0 Å². The van der Waals surface area contributed by atoms with Crippen LogP contribution >= 0.6 is 0 Å². The molecule has 106 valence electrons. The van der Waals surface area contributed by atoms with E-state index < -0.39 is 0 Å². The number of benzene rings is 2. The third kappa shape index (κ3) is 3.29. The maximum absolute atomic E-state index is 3.63. The summed E-state index contributed by atoms with van der Waals surface area (Å²) >= 11 is 0. The predicted octanol–water partition coefficient (Wildman–Crippen LogP) is 4.68. The number of nitrogens with one attached hydrogen (secondary N) is 1. The minimum absolute atomic E-state index is 0.152. The fraction of sp³-hybridized carbons (Fsp3) is 0.368. The van der Waals surface area contributed by atoms with E-state index in [0.29, 0.717) is 0 Å². The van der Waals surface area contributed by atoms with Crippen LogP contribution in [0.15, 0.2) is 54.6 Å². The van der Waals surface area contributed by atoms with Crippen molar-refractivity contribution >= 4 is 0 Å². The average Bonchev–Trinajstić information content (AvgIpc) is 2.45. The Morgan fingerprint density at radius 3 is 2.10 bits per heavy atom. The second-order valence-corrected chi connectivity index (χ2v) is 6.24. The minimum Gasteiger partial charge on any atom is -0.307 e. The lowest BCUT2D eigenvalue weighted by Crippen LogP contribution is -2.26. The Kier molecular flexibility index (Phi) is 4.61. The number of rotatable bonds is 4. The number of hydrogen-bond acceptors (Lipinski definition) is 1. The highest BCUT2D eigenvalue weighted by atomic mass is 14.9. The van der Waals surface area contributed by atoms with Gasteiger partial charge in [-0.3, -0.25) is 0 Å². The molecule has 0 aliphatic rings. The molecule has 0 aromatic heterocycles. The van der Waals surface area contributed by atoms with E-state index in [4.69, 9.17) is 0 Å². The molecule has 1 heteroatoms. The van der Waals surface area contributed by atoms with Gasteiger partial charge in [-0.2, -0.15) is 0 Å². The first kappa shape index (κ1) is 14.8. The van der Waals surface area contributed by atoms with Crippen LogP contribution in [0.25, 0.3) is 0 Å². The molecule has 0 spiro atoms. The molecule has 2 aromatic rings. The van der Waals surface area contributed by atoms with Crippen molar-refractivity contribution in [2.45, 2.75) is 39.2 Å². The molecular weight excluding hydrogens is 242 g/mol. The van der Waals surface area contributed by atoms with Crippen molar-refractivity contribution < 1.29 is 0 Å². The second kappa shape index (κ2) is 6.23. The largest absolute Gasteiger partial charge is 0.307 e. The maximum Gasteiger partial charge on any atom is 0.0579 e. The van der Waals surface area contributed by atoms with E-state index in [2.05, 4.69) is 87.6 Å². The molecule has 0 aliphatic heterocycles. The highest BCUT2D eigenvalue weighted by molar-refractivity contribution is 5.40. The van der Waals surface area contributed by atoms with Crippen molar-refractivity contribution in [3.05, 3.63) is 71.3 Å². The number of hydrogen-bond donors (Lipinski definition) is 1. The van der Waals surface area contributed by atoms with Crippen LogP contribution in [-0.4, -0.2) is 6.54 Å². The lowest BCUT2D eigenvalue weighted by Gasteiger charge is -2.28. The van der Waals surface area contributed by atoms with Gasteiger partial charge in [-0.05, 0) is 28.7 Å². The normalized spacial score (nSPS) is 13.2. The maximum atomic E-state index is 3.63. The van der Waals surface area contributed by atoms with E-state index >= 15 is 0 Å². The topological polar surface area (TPSA) is 12.0 Å². The van der Waals surface area contributed by atoms with Crippen molar-refractivity contribution in [2.75, 3.05) is 6.54 Å². The molecule has 1 N–H and O–H groups in total. The third-order valence-electron chi connectivity index (χ3n) is 3.62. The van der Waals surface area contributed by atoms with Crippen molar-refractivity contribution in [3.63, 3.8) is 0 Å². The molecule has 2 rings (SSSR count). The van der Waals surface area contributed by atoms with Crippen LogP contribution in [0.5, 0.6) is 0 Å². The Labute approximate surface area is 123 Å². The Morgan fingerprint density at radius 2 is 1.50 bits per heavy atom. The van der Waals surface area contributed by atoms with Gasteiger partial charge in [0, 0.05) is 0 Å². The zero-order valence-electron chi connectivity index (χ0n) is 13.0. The standard InChI is InChI=1S/C19H25N/c1-5-20-18(15-11-7-6-8-12-15)16-13-9-10-14-17(16)19(2,3)4/h6-14,18,20H,5H2,1-4H3. The minimum atomic E-state index is 0.152. The Balaban J connectivity index is 2.51. The molecule has 0 aliphatic carbocycles. The molecule has 20 heavy (non-hydrogen) atoms. The zero-order valence-corrected chi connectivity index (χ0v) is 13.0. The van der Waals surface area contributed by atoms with Gasteiger partial charge < -0.3 is 5.32 Å². The molecular formula is C19H25N. The molecule has 0 bridgehead atoms. The molecule has 0 saturated heterocycles. The molecule has 0 saturated carbocycles.